The topological polar surface area (TPSA) is 98.4 Å². The maximum Gasteiger partial charge on any atom is 0.573 e. The number of carbonyl (C=O) groups excluding carboxylic acids is 1. The molecule has 0 aliphatic heterocycles. The van der Waals surface area contributed by atoms with Crippen LogP contribution in [0.2, 0.25) is 0 Å². The first-order valence-electron chi connectivity index (χ1n) is 14.3. The monoisotopic (exact) mass is 635 g/mol. The first-order chi connectivity index (χ1) is 21.5. The molecule has 0 aliphatic carbocycles. The third-order valence-electron chi connectivity index (χ3n) is 7.01. The molecule has 9 nitrogen and oxygen atoms in total. The number of aromatic nitrogens is 4. The number of hydrogen-bond donors (Lipinski definition) is 2. The Balaban J connectivity index is 1.24. The van der Waals surface area contributed by atoms with E-state index in [1.54, 1.807) is 0 Å². The van der Waals surface area contributed by atoms with Crippen molar-refractivity contribution in [3.63, 3.8) is 0 Å². The molecule has 2 heterocycles. The Kier molecular flexibility index (Phi) is 9.49. The van der Waals surface area contributed by atoms with Crippen molar-refractivity contribution >= 4 is 17.4 Å². The second kappa shape index (κ2) is 13.5. The Morgan fingerprint density at radius 3 is 2.47 bits per heavy atom. The molecule has 0 bridgehead atoms. The lowest BCUT2D eigenvalue weighted by Crippen LogP contribution is -2.39. The SMILES string of the molecule is CCC(NNC(=O)/N=c1\sccn1-c1cc(C)ccc1C(C)C)c1ccc(-c2ncn(-c3ccc(OC(F)(F)F)cc3)n2)cc1. The van der Waals surface area contributed by atoms with Gasteiger partial charge >= 0.3 is 12.4 Å². The molecule has 0 aliphatic rings. The molecule has 0 radical (unpaired) electrons. The summed E-state index contributed by atoms with van der Waals surface area (Å²) >= 11 is 1.39. The number of rotatable bonds is 9. The molecule has 1 unspecified atom stereocenters. The second-order valence-corrected chi connectivity index (χ2v) is 11.5. The van der Waals surface area contributed by atoms with Gasteiger partial charge in [0, 0.05) is 17.1 Å². The van der Waals surface area contributed by atoms with Gasteiger partial charge in [-0.3, -0.25) is 9.99 Å². The van der Waals surface area contributed by atoms with Crippen LogP contribution in [0.5, 0.6) is 5.75 Å². The van der Waals surface area contributed by atoms with E-state index in [4.69, 9.17) is 0 Å². The normalized spacial score (nSPS) is 12.8. The van der Waals surface area contributed by atoms with Crippen molar-refractivity contribution in [3.05, 3.63) is 106 Å². The zero-order valence-corrected chi connectivity index (χ0v) is 25.9. The van der Waals surface area contributed by atoms with E-state index in [1.807, 2.05) is 54.3 Å². The highest BCUT2D eigenvalue weighted by Gasteiger charge is 2.31. The number of hydrazine groups is 1. The standard InChI is InChI=1S/C32H32F3N7O2S/c1-5-27(38-39-30(43)37-31-41(16-17-45-31)28-18-21(4)6-15-26(28)20(2)3)22-7-9-23(10-8-22)29-36-19-42(40-29)24-11-13-25(14-12-24)44-32(33,34)35/h6-20,27,38H,5H2,1-4H3,(H,39,43)/b37-31-. The van der Waals surface area contributed by atoms with Gasteiger partial charge in [-0.1, -0.05) is 57.2 Å². The number of halogens is 3. The number of amides is 2. The van der Waals surface area contributed by atoms with E-state index in [-0.39, 0.29) is 11.8 Å². The van der Waals surface area contributed by atoms with Crippen LogP contribution in [-0.2, 0) is 0 Å². The zero-order chi connectivity index (χ0) is 32.1. The molecule has 0 saturated carbocycles. The van der Waals surface area contributed by atoms with E-state index in [9.17, 15) is 18.0 Å². The molecule has 13 heteroatoms. The van der Waals surface area contributed by atoms with Crippen LogP contribution < -0.4 is 20.4 Å². The number of nitrogens with one attached hydrogen (secondary N) is 2. The number of urea groups is 1. The van der Waals surface area contributed by atoms with Gasteiger partial charge in [0.05, 0.1) is 17.4 Å². The lowest BCUT2D eigenvalue weighted by molar-refractivity contribution is -0.274. The Morgan fingerprint density at radius 2 is 1.80 bits per heavy atom. The van der Waals surface area contributed by atoms with Gasteiger partial charge < -0.3 is 4.74 Å². The first-order valence-corrected chi connectivity index (χ1v) is 15.1. The highest BCUT2D eigenvalue weighted by molar-refractivity contribution is 7.07. The molecule has 2 amide bonds. The van der Waals surface area contributed by atoms with Crippen molar-refractivity contribution in [1.29, 1.82) is 0 Å². The fourth-order valence-electron chi connectivity index (χ4n) is 4.76. The largest absolute Gasteiger partial charge is 0.573 e. The van der Waals surface area contributed by atoms with Crippen molar-refractivity contribution in [2.24, 2.45) is 4.99 Å². The van der Waals surface area contributed by atoms with Crippen LogP contribution in [0.4, 0.5) is 18.0 Å². The summed E-state index contributed by atoms with van der Waals surface area (Å²) in [7, 11) is 0. The number of aryl methyl sites for hydroxylation is 1. The minimum atomic E-state index is -4.76. The van der Waals surface area contributed by atoms with Crippen molar-refractivity contribution < 1.29 is 22.7 Å². The molecule has 5 rings (SSSR count). The van der Waals surface area contributed by atoms with Gasteiger partial charge in [-0.15, -0.1) is 29.6 Å². The zero-order valence-electron chi connectivity index (χ0n) is 25.0. The average molecular weight is 636 g/mol. The molecule has 1 atom stereocenters. The number of carbonyl (C=O) groups is 1. The van der Waals surface area contributed by atoms with Gasteiger partial charge in [0.25, 0.3) is 0 Å². The Bertz CT molecular complexity index is 1830. The number of thiazole rings is 1. The van der Waals surface area contributed by atoms with Crippen LogP contribution in [0.1, 0.15) is 55.8 Å². The number of hydrogen-bond acceptors (Lipinski definition) is 6. The van der Waals surface area contributed by atoms with Gasteiger partial charge in [-0.05, 0) is 66.3 Å². The lowest BCUT2D eigenvalue weighted by Gasteiger charge is -2.17. The van der Waals surface area contributed by atoms with Gasteiger partial charge in [0.15, 0.2) is 10.6 Å². The third-order valence-corrected chi connectivity index (χ3v) is 7.77. The van der Waals surface area contributed by atoms with E-state index in [0.29, 0.717) is 28.7 Å². The van der Waals surface area contributed by atoms with Crippen LogP contribution >= 0.6 is 11.3 Å². The minimum Gasteiger partial charge on any atom is -0.406 e. The van der Waals surface area contributed by atoms with Crippen LogP contribution in [-0.4, -0.2) is 31.7 Å². The summed E-state index contributed by atoms with van der Waals surface area (Å²) in [4.78, 5) is 22.1. The van der Waals surface area contributed by atoms with Gasteiger partial charge in [0.1, 0.15) is 12.1 Å². The molecular formula is C32H32F3N7O2S. The van der Waals surface area contributed by atoms with Crippen molar-refractivity contribution in [3.8, 4) is 28.5 Å². The summed E-state index contributed by atoms with van der Waals surface area (Å²) in [5, 5.41) is 6.36. The van der Waals surface area contributed by atoms with Crippen molar-refractivity contribution in [2.75, 3.05) is 0 Å². The summed E-state index contributed by atoms with van der Waals surface area (Å²) < 4.78 is 44.6. The van der Waals surface area contributed by atoms with Crippen molar-refractivity contribution in [1.82, 2.24) is 30.2 Å². The fourth-order valence-corrected chi connectivity index (χ4v) is 5.47. The molecule has 0 fully saturated rings. The van der Waals surface area contributed by atoms with Gasteiger partial charge in [0.2, 0.25) is 0 Å². The van der Waals surface area contributed by atoms with E-state index in [0.717, 1.165) is 22.4 Å². The van der Waals surface area contributed by atoms with Crippen LogP contribution in [0.3, 0.4) is 0 Å². The molecule has 0 spiro atoms. The molecule has 2 N–H and O–H groups in total. The highest BCUT2D eigenvalue weighted by atomic mass is 32.1. The smallest absolute Gasteiger partial charge is 0.406 e. The maximum absolute atomic E-state index is 12.8. The van der Waals surface area contributed by atoms with Crippen molar-refractivity contribution in [2.45, 2.75) is 52.4 Å². The highest BCUT2D eigenvalue weighted by Crippen LogP contribution is 2.26. The van der Waals surface area contributed by atoms with E-state index in [1.165, 1.54) is 52.2 Å². The molecule has 45 heavy (non-hydrogen) atoms. The Labute approximate surface area is 262 Å². The number of nitrogens with zero attached hydrogens (tertiary/aromatic N) is 5. The molecule has 2 aromatic heterocycles. The lowest BCUT2D eigenvalue weighted by atomic mass is 9.99. The number of alkyl halides is 3. The summed E-state index contributed by atoms with van der Waals surface area (Å²) in [5.41, 5.74) is 11.3. The summed E-state index contributed by atoms with van der Waals surface area (Å²) in [6, 6.07) is 18.5. The van der Waals surface area contributed by atoms with Crippen LogP contribution in [0.15, 0.2) is 89.6 Å². The van der Waals surface area contributed by atoms with E-state index in [2.05, 4.69) is 62.7 Å². The third kappa shape index (κ3) is 7.86. The second-order valence-electron chi connectivity index (χ2n) is 10.6. The predicted octanol–water partition coefficient (Wildman–Crippen LogP) is 7.38. The summed E-state index contributed by atoms with van der Waals surface area (Å²) in [5.74, 6) is 0.439. The molecular weight excluding hydrogens is 603 g/mol. The molecule has 5 aromatic rings. The van der Waals surface area contributed by atoms with Crippen LogP contribution in [0.25, 0.3) is 22.8 Å². The van der Waals surface area contributed by atoms with Crippen LogP contribution in [0, 0.1) is 6.92 Å². The minimum absolute atomic E-state index is 0.180. The Hall–Kier alpha value is -4.75. The molecule has 0 saturated heterocycles. The molecule has 3 aromatic carbocycles. The fraction of sp³-hybridized carbons (Fsp3) is 0.250. The summed E-state index contributed by atoms with van der Waals surface area (Å²) in [6.07, 6.45) is -0.657. The quantitative estimate of drug-likeness (QED) is 0.165. The number of ether oxygens (including phenoxy) is 1. The predicted molar refractivity (Wildman–Crippen MR) is 166 cm³/mol. The molecule has 234 valence electrons. The number of benzene rings is 3. The van der Waals surface area contributed by atoms with Gasteiger partial charge in [-0.25, -0.2) is 19.9 Å². The Morgan fingerprint density at radius 1 is 1.07 bits per heavy atom. The van der Waals surface area contributed by atoms with E-state index < -0.39 is 12.4 Å². The average Bonchev–Trinajstić information content (AvgIpc) is 3.68. The first kappa shape index (κ1) is 31.7. The maximum atomic E-state index is 12.8. The van der Waals surface area contributed by atoms with Gasteiger partial charge in [-0.2, -0.15) is 4.99 Å². The van der Waals surface area contributed by atoms with E-state index >= 15 is 0 Å². The summed E-state index contributed by atoms with van der Waals surface area (Å²) in [6.45, 7) is 8.31.